The highest BCUT2D eigenvalue weighted by Crippen LogP contribution is 2.49. The van der Waals surface area contributed by atoms with E-state index in [0.717, 1.165) is 11.3 Å². The maximum atomic E-state index is 7.56. The summed E-state index contributed by atoms with van der Waals surface area (Å²) >= 11 is 0. The van der Waals surface area contributed by atoms with Crippen molar-refractivity contribution in [2.45, 2.75) is 39.2 Å². The molecule has 3 nitrogen and oxygen atoms in total. The number of hydrogen-bond donors (Lipinski definition) is 2. The Balaban J connectivity index is 0.000000172. The van der Waals surface area contributed by atoms with E-state index < -0.39 is 0 Å². The van der Waals surface area contributed by atoms with Gasteiger partial charge in [-0.1, -0.05) is 195 Å². The molecule has 10 aromatic carbocycles. The third kappa shape index (κ3) is 8.00. The van der Waals surface area contributed by atoms with Crippen molar-refractivity contribution in [1.29, 1.82) is 5.41 Å². The Labute approximate surface area is 388 Å². The molecule has 0 bridgehead atoms. The predicted octanol–water partition coefficient (Wildman–Crippen LogP) is 16.4. The van der Waals surface area contributed by atoms with Gasteiger partial charge in [0.25, 0.3) is 0 Å². The third-order valence-electron chi connectivity index (χ3n) is 13.3. The smallest absolute Gasteiger partial charge is 0.0541 e. The average molecular weight is 852 g/mol. The lowest BCUT2D eigenvalue weighted by molar-refractivity contribution is 0.660. The van der Waals surface area contributed by atoms with Crippen LogP contribution >= 0.6 is 0 Å². The number of nitrogens with zero attached hydrogens (tertiary/aromatic N) is 1. The molecule has 12 rings (SSSR count). The topological polar surface area (TPSA) is 54.8 Å². The average Bonchev–Trinajstić information content (AvgIpc) is 3.81. The van der Waals surface area contributed by atoms with Gasteiger partial charge >= 0.3 is 0 Å². The summed E-state index contributed by atoms with van der Waals surface area (Å²) in [7, 11) is 0. The molecular formula is C63H53N3. The lowest BCUT2D eigenvalue weighted by atomic mass is 9.81. The Morgan fingerprint density at radius 2 is 1.02 bits per heavy atom. The molecule has 1 aromatic heterocycles. The molecule has 1 aliphatic carbocycles. The van der Waals surface area contributed by atoms with Gasteiger partial charge < -0.3 is 15.7 Å². The number of nitrogens with one attached hydrogen (secondary N) is 1. The molecule has 0 aliphatic heterocycles. The molecule has 1 heterocycles. The second-order valence-electron chi connectivity index (χ2n) is 18.1. The molecule has 320 valence electrons. The van der Waals surface area contributed by atoms with Gasteiger partial charge in [-0.2, -0.15) is 0 Å². The van der Waals surface area contributed by atoms with Crippen molar-refractivity contribution in [3.63, 3.8) is 0 Å². The fourth-order valence-corrected chi connectivity index (χ4v) is 9.69. The first kappa shape index (κ1) is 42.1. The highest BCUT2D eigenvalue weighted by molar-refractivity contribution is 6.10. The minimum Gasteiger partial charge on any atom is -0.324 e. The number of aryl methyl sites for hydroxylation is 1. The maximum absolute atomic E-state index is 7.56. The summed E-state index contributed by atoms with van der Waals surface area (Å²) < 4.78 is 2.32. The van der Waals surface area contributed by atoms with E-state index in [2.05, 4.69) is 219 Å². The molecule has 0 fully saturated rings. The molecule has 0 saturated carbocycles. The molecule has 0 spiro atoms. The van der Waals surface area contributed by atoms with E-state index in [1.807, 2.05) is 31.2 Å². The molecule has 0 saturated heterocycles. The van der Waals surface area contributed by atoms with Gasteiger partial charge in [-0.3, -0.25) is 0 Å². The van der Waals surface area contributed by atoms with Crippen LogP contribution in [0.15, 0.2) is 218 Å². The van der Waals surface area contributed by atoms with Crippen LogP contribution in [0.3, 0.4) is 0 Å². The zero-order chi connectivity index (χ0) is 45.4. The van der Waals surface area contributed by atoms with E-state index in [1.165, 1.54) is 105 Å². The molecule has 11 aromatic rings. The summed E-state index contributed by atoms with van der Waals surface area (Å²) in [5.41, 5.74) is 23.1. The second kappa shape index (κ2) is 17.6. The van der Waals surface area contributed by atoms with E-state index in [-0.39, 0.29) is 11.5 Å². The van der Waals surface area contributed by atoms with Crippen LogP contribution in [-0.4, -0.2) is 10.8 Å². The Morgan fingerprint density at radius 3 is 1.71 bits per heavy atom. The van der Waals surface area contributed by atoms with E-state index in [0.29, 0.717) is 0 Å². The SMILES string of the molecule is CC(N)c1ccc2ccccc2c1.CC1(C)c2ccccc2-c2ccc(-c3ccc(-c4ccc5c(c4)c4ccccc4n5-c4ccc(C=N)cc4)cc3)cc21.Cc1ccc2ccccc2c1. The van der Waals surface area contributed by atoms with Crippen molar-refractivity contribution in [2.24, 2.45) is 5.73 Å². The van der Waals surface area contributed by atoms with Crippen molar-refractivity contribution < 1.29 is 0 Å². The maximum Gasteiger partial charge on any atom is 0.0541 e. The number of nitrogens with two attached hydrogens (primary N) is 1. The first-order valence-corrected chi connectivity index (χ1v) is 22.9. The Morgan fingerprint density at radius 1 is 0.470 bits per heavy atom. The summed E-state index contributed by atoms with van der Waals surface area (Å²) in [5.74, 6) is 0. The number of hydrogen-bond acceptors (Lipinski definition) is 2. The van der Waals surface area contributed by atoms with Gasteiger partial charge in [0, 0.05) is 34.1 Å². The van der Waals surface area contributed by atoms with Gasteiger partial charge in [-0.25, -0.2) is 0 Å². The lowest BCUT2D eigenvalue weighted by Crippen LogP contribution is -2.14. The zero-order valence-corrected chi connectivity index (χ0v) is 38.0. The van der Waals surface area contributed by atoms with Crippen LogP contribution in [0, 0.1) is 12.3 Å². The summed E-state index contributed by atoms with van der Waals surface area (Å²) in [6, 6.07) is 78.1. The molecule has 66 heavy (non-hydrogen) atoms. The Hall–Kier alpha value is -7.85. The standard InChI is InChI=1S/C40H30N2.C12H13N.C11H10/c1-40(2)36-9-5-3-7-32(36)33-21-17-30(24-37(33)40)28-15-13-27(14-16-28)29-18-22-39-35(23-29)34-8-4-6-10-38(34)42(39)31-19-11-26(25-41)12-20-31;1-9(13)11-7-6-10-4-2-3-5-12(10)8-11;1-9-6-7-10-4-2-3-5-11(10)8-9/h3-25,41H,1-2H3;2-9H,13H2,1H3;2-8H,1H3. The van der Waals surface area contributed by atoms with E-state index in [4.69, 9.17) is 11.1 Å². The molecule has 0 radical (unpaired) electrons. The largest absolute Gasteiger partial charge is 0.324 e. The van der Waals surface area contributed by atoms with E-state index in [1.54, 1.807) is 0 Å². The van der Waals surface area contributed by atoms with Gasteiger partial charge in [0.2, 0.25) is 0 Å². The van der Waals surface area contributed by atoms with Gasteiger partial charge in [0.15, 0.2) is 0 Å². The Kier molecular flexibility index (Phi) is 11.2. The van der Waals surface area contributed by atoms with Crippen molar-refractivity contribution >= 4 is 49.6 Å². The summed E-state index contributed by atoms with van der Waals surface area (Å²) in [6.07, 6.45) is 1.39. The van der Waals surface area contributed by atoms with Crippen LogP contribution in [0.2, 0.25) is 0 Å². The monoisotopic (exact) mass is 851 g/mol. The quantitative estimate of drug-likeness (QED) is 0.167. The molecule has 1 aliphatic rings. The molecule has 0 amide bonds. The summed E-state index contributed by atoms with van der Waals surface area (Å²) in [5, 5.41) is 15.2. The first-order chi connectivity index (χ1) is 32.2. The fourth-order valence-electron chi connectivity index (χ4n) is 9.69. The third-order valence-corrected chi connectivity index (χ3v) is 13.3. The number of benzene rings is 10. The van der Waals surface area contributed by atoms with Crippen molar-refractivity contribution in [3.05, 3.63) is 246 Å². The minimum atomic E-state index is -0.00141. The minimum absolute atomic E-state index is 0.00141. The molecule has 3 heteroatoms. The van der Waals surface area contributed by atoms with E-state index >= 15 is 0 Å². The van der Waals surface area contributed by atoms with Crippen molar-refractivity contribution in [1.82, 2.24) is 4.57 Å². The van der Waals surface area contributed by atoms with Gasteiger partial charge in [-0.15, -0.1) is 0 Å². The normalized spacial score (nSPS) is 12.7. The van der Waals surface area contributed by atoms with Crippen LogP contribution in [0.4, 0.5) is 0 Å². The number of para-hydroxylation sites is 1. The fraction of sp³-hybridized carbons (Fsp3) is 0.0952. The highest BCUT2D eigenvalue weighted by Gasteiger charge is 2.35. The zero-order valence-electron chi connectivity index (χ0n) is 38.0. The van der Waals surface area contributed by atoms with Crippen molar-refractivity contribution in [3.8, 4) is 39.1 Å². The number of rotatable bonds is 5. The van der Waals surface area contributed by atoms with Gasteiger partial charge in [0.1, 0.15) is 0 Å². The van der Waals surface area contributed by atoms with Crippen LogP contribution in [0.5, 0.6) is 0 Å². The van der Waals surface area contributed by atoms with E-state index in [9.17, 15) is 0 Å². The number of aromatic nitrogens is 1. The van der Waals surface area contributed by atoms with Crippen LogP contribution in [-0.2, 0) is 5.41 Å². The molecule has 1 atom stereocenters. The van der Waals surface area contributed by atoms with Crippen LogP contribution in [0.25, 0.3) is 82.4 Å². The van der Waals surface area contributed by atoms with Gasteiger partial charge in [-0.05, 0) is 133 Å². The Bertz CT molecular complexity index is 3550. The molecular weight excluding hydrogens is 799 g/mol. The van der Waals surface area contributed by atoms with Gasteiger partial charge in [0.05, 0.1) is 11.0 Å². The summed E-state index contributed by atoms with van der Waals surface area (Å²) in [6.45, 7) is 8.79. The van der Waals surface area contributed by atoms with Crippen LogP contribution in [0.1, 0.15) is 54.6 Å². The summed E-state index contributed by atoms with van der Waals surface area (Å²) in [4.78, 5) is 0. The lowest BCUT2D eigenvalue weighted by Gasteiger charge is -2.22. The van der Waals surface area contributed by atoms with Crippen molar-refractivity contribution in [2.75, 3.05) is 0 Å². The highest BCUT2D eigenvalue weighted by atomic mass is 15.0. The predicted molar refractivity (Wildman–Crippen MR) is 282 cm³/mol. The van der Waals surface area contributed by atoms with Crippen LogP contribution < -0.4 is 5.73 Å². The second-order valence-corrected chi connectivity index (χ2v) is 18.1. The number of fused-ring (bicyclic) bond motifs is 8. The first-order valence-electron chi connectivity index (χ1n) is 22.9. The molecule has 1 unspecified atom stereocenters. The molecule has 3 N–H and O–H groups in total.